The molecule has 0 saturated carbocycles. The second-order valence-electron chi connectivity index (χ2n) is 6.21. The number of fused-ring (bicyclic) bond motifs is 1. The van der Waals surface area contributed by atoms with Gasteiger partial charge in [-0.2, -0.15) is 0 Å². The van der Waals surface area contributed by atoms with Crippen molar-refractivity contribution >= 4 is 55.8 Å². The number of hydrogen-bond donors (Lipinski definition) is 3. The summed E-state index contributed by atoms with van der Waals surface area (Å²) in [6, 6.07) is 18.6. The standard InChI is InChI=1S/C21H18BrN3O3S/c1-13-6-8-15(9-7-13)20(27)23-21(29)25-24-18(26)12-28-17-11-10-14-4-2-3-5-16(14)19(17)22/h2-11H,12H2,1H3,(H,24,26)(H2,23,25,27,29). The van der Waals surface area contributed by atoms with Crippen LogP contribution >= 0.6 is 28.1 Å². The van der Waals surface area contributed by atoms with Gasteiger partial charge in [0.2, 0.25) is 0 Å². The van der Waals surface area contributed by atoms with Gasteiger partial charge in [-0.1, -0.05) is 48.0 Å². The molecule has 29 heavy (non-hydrogen) atoms. The predicted octanol–water partition coefficient (Wildman–Crippen LogP) is 3.63. The van der Waals surface area contributed by atoms with Gasteiger partial charge in [0, 0.05) is 5.56 Å². The molecule has 0 radical (unpaired) electrons. The summed E-state index contributed by atoms with van der Waals surface area (Å²) in [6.07, 6.45) is 0. The highest BCUT2D eigenvalue weighted by atomic mass is 79.9. The fraction of sp³-hybridized carbons (Fsp3) is 0.0952. The zero-order valence-corrected chi connectivity index (χ0v) is 17.9. The van der Waals surface area contributed by atoms with Crippen LogP contribution in [0.5, 0.6) is 5.75 Å². The molecule has 0 aliphatic heterocycles. The van der Waals surface area contributed by atoms with E-state index < -0.39 is 5.91 Å². The van der Waals surface area contributed by atoms with Crippen molar-refractivity contribution in [2.75, 3.05) is 6.61 Å². The number of carbonyl (C=O) groups is 2. The molecule has 0 heterocycles. The quantitative estimate of drug-likeness (QED) is 0.399. The first kappa shape index (κ1) is 20.8. The van der Waals surface area contributed by atoms with Gasteiger partial charge < -0.3 is 4.74 Å². The summed E-state index contributed by atoms with van der Waals surface area (Å²) in [5.41, 5.74) is 6.39. The summed E-state index contributed by atoms with van der Waals surface area (Å²) >= 11 is 8.53. The summed E-state index contributed by atoms with van der Waals surface area (Å²) in [5.74, 6) is -0.265. The smallest absolute Gasteiger partial charge is 0.276 e. The van der Waals surface area contributed by atoms with Crippen LogP contribution in [0, 0.1) is 6.92 Å². The minimum absolute atomic E-state index is 0.0178. The molecule has 0 fully saturated rings. The lowest BCUT2D eigenvalue weighted by molar-refractivity contribution is -0.123. The molecule has 3 aromatic carbocycles. The predicted molar refractivity (Wildman–Crippen MR) is 120 cm³/mol. The van der Waals surface area contributed by atoms with Crippen molar-refractivity contribution in [3.8, 4) is 5.75 Å². The van der Waals surface area contributed by atoms with E-state index in [0.717, 1.165) is 20.8 Å². The van der Waals surface area contributed by atoms with Gasteiger partial charge in [-0.3, -0.25) is 25.8 Å². The summed E-state index contributed by atoms with van der Waals surface area (Å²) in [5, 5.41) is 4.53. The van der Waals surface area contributed by atoms with Gasteiger partial charge in [0.05, 0.1) is 4.47 Å². The summed E-state index contributed by atoms with van der Waals surface area (Å²) in [6.45, 7) is 1.71. The molecule has 0 spiro atoms. The zero-order chi connectivity index (χ0) is 20.8. The Hall–Kier alpha value is -2.97. The summed E-state index contributed by atoms with van der Waals surface area (Å²) in [4.78, 5) is 24.1. The molecule has 3 rings (SSSR count). The molecule has 0 aliphatic carbocycles. The topological polar surface area (TPSA) is 79.5 Å². The van der Waals surface area contributed by atoms with Crippen LogP contribution in [-0.4, -0.2) is 23.5 Å². The van der Waals surface area contributed by atoms with Crippen molar-refractivity contribution in [1.82, 2.24) is 16.2 Å². The average Bonchev–Trinajstić information content (AvgIpc) is 2.72. The first-order valence-corrected chi connectivity index (χ1v) is 9.91. The highest BCUT2D eigenvalue weighted by molar-refractivity contribution is 9.10. The lowest BCUT2D eigenvalue weighted by atomic mass is 10.1. The number of hydrazine groups is 1. The number of aryl methyl sites for hydroxylation is 1. The number of thiocarbonyl (C=S) groups is 1. The Kier molecular flexibility index (Phi) is 6.79. The molecule has 0 unspecified atom stereocenters. The third kappa shape index (κ3) is 5.52. The maximum absolute atomic E-state index is 12.1. The van der Waals surface area contributed by atoms with Gasteiger partial charge in [-0.15, -0.1) is 0 Å². The highest BCUT2D eigenvalue weighted by Gasteiger charge is 2.10. The molecule has 0 aliphatic rings. The monoisotopic (exact) mass is 471 g/mol. The molecule has 3 N–H and O–H groups in total. The minimum Gasteiger partial charge on any atom is -0.483 e. The molecule has 3 aromatic rings. The summed E-state index contributed by atoms with van der Waals surface area (Å²) in [7, 11) is 0. The van der Waals surface area contributed by atoms with Crippen molar-refractivity contribution in [3.63, 3.8) is 0 Å². The Morgan fingerprint density at radius 2 is 1.72 bits per heavy atom. The molecular formula is C21H18BrN3O3S. The lowest BCUT2D eigenvalue weighted by Gasteiger charge is -2.13. The normalized spacial score (nSPS) is 10.3. The van der Waals surface area contributed by atoms with Crippen LogP contribution in [0.15, 0.2) is 65.1 Å². The van der Waals surface area contributed by atoms with E-state index in [0.29, 0.717) is 11.3 Å². The molecule has 0 bridgehead atoms. The maximum Gasteiger partial charge on any atom is 0.276 e. The van der Waals surface area contributed by atoms with Gasteiger partial charge in [-0.05, 0) is 64.0 Å². The third-order valence-corrected chi connectivity index (χ3v) is 5.06. The van der Waals surface area contributed by atoms with Crippen LogP contribution in [0.3, 0.4) is 0 Å². The van der Waals surface area contributed by atoms with E-state index in [1.165, 1.54) is 0 Å². The number of halogens is 1. The van der Waals surface area contributed by atoms with Crippen LogP contribution in [0.4, 0.5) is 0 Å². The van der Waals surface area contributed by atoms with Crippen molar-refractivity contribution in [1.29, 1.82) is 0 Å². The fourth-order valence-electron chi connectivity index (χ4n) is 2.54. The lowest BCUT2D eigenvalue weighted by Crippen LogP contribution is -2.49. The Morgan fingerprint density at radius 3 is 2.48 bits per heavy atom. The second-order valence-corrected chi connectivity index (χ2v) is 7.41. The molecule has 0 saturated heterocycles. The molecule has 8 heteroatoms. The first-order valence-electron chi connectivity index (χ1n) is 8.71. The van der Waals surface area contributed by atoms with Crippen LogP contribution in [0.1, 0.15) is 15.9 Å². The zero-order valence-electron chi connectivity index (χ0n) is 15.5. The van der Waals surface area contributed by atoms with Crippen molar-refractivity contribution in [2.45, 2.75) is 6.92 Å². The number of carbonyl (C=O) groups excluding carboxylic acids is 2. The van der Waals surface area contributed by atoms with Gasteiger partial charge in [0.1, 0.15) is 5.75 Å². The molecule has 148 valence electrons. The number of nitrogens with one attached hydrogen (secondary N) is 3. The van der Waals surface area contributed by atoms with Crippen LogP contribution in [0.25, 0.3) is 10.8 Å². The molecule has 0 atom stereocenters. The average molecular weight is 472 g/mol. The Morgan fingerprint density at radius 1 is 1.00 bits per heavy atom. The molecular weight excluding hydrogens is 454 g/mol. The van der Waals surface area contributed by atoms with Gasteiger partial charge in [0.25, 0.3) is 11.8 Å². The van der Waals surface area contributed by atoms with Crippen molar-refractivity contribution < 1.29 is 14.3 Å². The van der Waals surface area contributed by atoms with E-state index in [4.69, 9.17) is 17.0 Å². The van der Waals surface area contributed by atoms with E-state index >= 15 is 0 Å². The Bertz CT molecular complexity index is 1070. The van der Waals surface area contributed by atoms with E-state index in [2.05, 4.69) is 32.1 Å². The fourth-order valence-corrected chi connectivity index (χ4v) is 3.29. The third-order valence-electron chi connectivity index (χ3n) is 4.04. The van der Waals surface area contributed by atoms with Crippen molar-refractivity contribution in [2.24, 2.45) is 0 Å². The van der Waals surface area contributed by atoms with E-state index in [1.54, 1.807) is 18.2 Å². The highest BCUT2D eigenvalue weighted by Crippen LogP contribution is 2.32. The van der Waals surface area contributed by atoms with Crippen LogP contribution < -0.4 is 20.9 Å². The number of benzene rings is 3. The SMILES string of the molecule is Cc1ccc(C(=O)NC(=S)NNC(=O)COc2ccc3ccccc3c2Br)cc1. The van der Waals surface area contributed by atoms with Gasteiger partial charge in [0.15, 0.2) is 11.7 Å². The van der Waals surface area contributed by atoms with Gasteiger partial charge >= 0.3 is 0 Å². The van der Waals surface area contributed by atoms with E-state index in [-0.39, 0.29) is 17.6 Å². The molecule has 6 nitrogen and oxygen atoms in total. The van der Waals surface area contributed by atoms with Gasteiger partial charge in [-0.25, -0.2) is 0 Å². The van der Waals surface area contributed by atoms with E-state index in [9.17, 15) is 9.59 Å². The van der Waals surface area contributed by atoms with Crippen LogP contribution in [-0.2, 0) is 4.79 Å². The number of ether oxygens (including phenoxy) is 1. The van der Waals surface area contributed by atoms with E-state index in [1.807, 2.05) is 49.4 Å². The minimum atomic E-state index is -0.447. The molecule has 2 amide bonds. The largest absolute Gasteiger partial charge is 0.483 e. The molecule has 0 aromatic heterocycles. The number of rotatable bonds is 4. The number of hydrogen-bond acceptors (Lipinski definition) is 4. The van der Waals surface area contributed by atoms with Crippen LogP contribution in [0.2, 0.25) is 0 Å². The first-order chi connectivity index (χ1) is 13.9. The second kappa shape index (κ2) is 9.49. The Balaban J connectivity index is 1.47. The summed E-state index contributed by atoms with van der Waals surface area (Å²) < 4.78 is 6.35. The maximum atomic E-state index is 12.1. The number of amides is 2. The Labute approximate surface area is 181 Å². The van der Waals surface area contributed by atoms with Crippen molar-refractivity contribution in [3.05, 3.63) is 76.3 Å².